The molecule has 1 rings (SSSR count). The van der Waals surface area contributed by atoms with Crippen LogP contribution in [0.25, 0.3) is 0 Å². The third kappa shape index (κ3) is 4.85. The number of hydrogen-bond acceptors (Lipinski definition) is 2. The van der Waals surface area contributed by atoms with Crippen LogP contribution in [0, 0.1) is 10.1 Å². The zero-order chi connectivity index (χ0) is 9.40. The van der Waals surface area contributed by atoms with Crippen LogP contribution in [0.3, 0.4) is 0 Å². The van der Waals surface area contributed by atoms with Crippen molar-refractivity contribution in [3.05, 3.63) is 40.4 Å². The quantitative estimate of drug-likeness (QED) is 0.424. The third-order valence-corrected chi connectivity index (χ3v) is 0.967. The van der Waals surface area contributed by atoms with Crippen molar-refractivity contribution < 1.29 is 4.92 Å². The first kappa shape index (κ1) is 11.1. The molecule has 0 aliphatic heterocycles. The Kier molecular flexibility index (Phi) is 6.28. The van der Waals surface area contributed by atoms with Crippen LogP contribution in [0.15, 0.2) is 30.3 Å². The molecule has 4 heteroatoms. The molecule has 0 unspecified atom stereocenters. The Hall–Kier alpha value is -0.900. The van der Waals surface area contributed by atoms with E-state index >= 15 is 0 Å². The lowest BCUT2D eigenvalue weighted by Gasteiger charge is -1.85. The predicted molar refractivity (Wildman–Crippen MR) is 52.6 cm³/mol. The fourth-order valence-electron chi connectivity index (χ4n) is 0.550. The Morgan fingerprint density at radius 3 is 2.08 bits per heavy atom. The summed E-state index contributed by atoms with van der Waals surface area (Å²) >= 11 is 3.15. The van der Waals surface area contributed by atoms with E-state index in [-0.39, 0.29) is 5.69 Å². The normalized spacial score (nSPS) is 8.17. The SMILES string of the molecule is CCBr.O=[N+]([O-])c1ccccc1. The first-order valence-electron chi connectivity index (χ1n) is 3.47. The van der Waals surface area contributed by atoms with Crippen molar-refractivity contribution in [2.24, 2.45) is 0 Å². The van der Waals surface area contributed by atoms with Crippen LogP contribution >= 0.6 is 15.9 Å². The molecule has 0 amide bonds. The zero-order valence-electron chi connectivity index (χ0n) is 6.74. The minimum Gasteiger partial charge on any atom is -0.258 e. The number of rotatable bonds is 1. The molecule has 0 atom stereocenters. The predicted octanol–water partition coefficient (Wildman–Crippen LogP) is 3.00. The van der Waals surface area contributed by atoms with Gasteiger partial charge in [0.15, 0.2) is 0 Å². The van der Waals surface area contributed by atoms with E-state index in [4.69, 9.17) is 0 Å². The molecule has 0 aliphatic rings. The van der Waals surface area contributed by atoms with E-state index in [1.807, 2.05) is 6.92 Å². The number of non-ortho nitro benzene ring substituents is 1. The van der Waals surface area contributed by atoms with Crippen molar-refractivity contribution >= 4 is 21.6 Å². The number of nitro groups is 1. The summed E-state index contributed by atoms with van der Waals surface area (Å²) in [5, 5.41) is 11.1. The molecule has 1 aromatic carbocycles. The molecule has 0 saturated carbocycles. The molecule has 0 aliphatic carbocycles. The van der Waals surface area contributed by atoms with Gasteiger partial charge in [0.05, 0.1) is 4.92 Å². The van der Waals surface area contributed by atoms with Crippen molar-refractivity contribution in [3.63, 3.8) is 0 Å². The van der Waals surface area contributed by atoms with E-state index < -0.39 is 4.92 Å². The maximum Gasteiger partial charge on any atom is 0.269 e. The summed E-state index contributed by atoms with van der Waals surface area (Å²) in [6.07, 6.45) is 0. The molecule has 0 bridgehead atoms. The first-order chi connectivity index (χ1) is 5.72. The van der Waals surface area contributed by atoms with Gasteiger partial charge in [-0.05, 0) is 0 Å². The van der Waals surface area contributed by atoms with E-state index in [0.717, 1.165) is 5.33 Å². The van der Waals surface area contributed by atoms with E-state index in [0.29, 0.717) is 0 Å². The van der Waals surface area contributed by atoms with Gasteiger partial charge >= 0.3 is 0 Å². The lowest BCUT2D eigenvalue weighted by Crippen LogP contribution is -1.84. The lowest BCUT2D eigenvalue weighted by molar-refractivity contribution is -0.384. The molecule has 0 N–H and O–H groups in total. The van der Waals surface area contributed by atoms with Gasteiger partial charge in [-0.3, -0.25) is 10.1 Å². The Bertz CT molecular complexity index is 226. The van der Waals surface area contributed by atoms with E-state index in [1.165, 1.54) is 12.1 Å². The summed E-state index contributed by atoms with van der Waals surface area (Å²) in [5.74, 6) is 0. The van der Waals surface area contributed by atoms with Crippen molar-refractivity contribution in [1.82, 2.24) is 0 Å². The van der Waals surface area contributed by atoms with E-state index in [9.17, 15) is 10.1 Å². The standard InChI is InChI=1S/C6H5NO2.C2H5Br/c8-7(9)6-4-2-1-3-5-6;1-2-3/h1-5H;2H2,1H3. The van der Waals surface area contributed by atoms with Gasteiger partial charge in [0, 0.05) is 17.5 Å². The molecule has 0 aromatic heterocycles. The average molecular weight is 232 g/mol. The number of alkyl halides is 1. The maximum absolute atomic E-state index is 10.0. The van der Waals surface area contributed by atoms with Crippen molar-refractivity contribution in [3.8, 4) is 0 Å². The van der Waals surface area contributed by atoms with Gasteiger partial charge < -0.3 is 0 Å². The van der Waals surface area contributed by atoms with Crippen LogP contribution in [0.4, 0.5) is 5.69 Å². The number of benzene rings is 1. The number of para-hydroxylation sites is 1. The van der Waals surface area contributed by atoms with Gasteiger partial charge in [0.2, 0.25) is 0 Å². The highest BCUT2D eigenvalue weighted by Crippen LogP contribution is 2.06. The van der Waals surface area contributed by atoms with Crippen LogP contribution in [-0.2, 0) is 0 Å². The van der Waals surface area contributed by atoms with E-state index in [2.05, 4.69) is 15.9 Å². The monoisotopic (exact) mass is 231 g/mol. The van der Waals surface area contributed by atoms with Crippen LogP contribution in [0.1, 0.15) is 6.92 Å². The Balaban J connectivity index is 0.000000354. The summed E-state index contributed by atoms with van der Waals surface area (Å²) in [6, 6.07) is 7.93. The molecular formula is C8H10BrNO2. The Morgan fingerprint density at radius 2 is 1.83 bits per heavy atom. The van der Waals surface area contributed by atoms with Crippen LogP contribution in [-0.4, -0.2) is 10.3 Å². The second-order valence-electron chi connectivity index (χ2n) is 1.86. The molecule has 0 saturated heterocycles. The minimum absolute atomic E-state index is 0.137. The van der Waals surface area contributed by atoms with Crippen molar-refractivity contribution in [2.75, 3.05) is 5.33 Å². The number of halogens is 1. The molecule has 1 aromatic rings. The Labute approximate surface area is 79.7 Å². The summed E-state index contributed by atoms with van der Waals surface area (Å²) in [5.41, 5.74) is 0.137. The molecule has 0 heterocycles. The molecule has 12 heavy (non-hydrogen) atoms. The van der Waals surface area contributed by atoms with Gasteiger partial charge in [-0.25, -0.2) is 0 Å². The molecule has 0 spiro atoms. The van der Waals surface area contributed by atoms with Crippen LogP contribution < -0.4 is 0 Å². The molecule has 0 fully saturated rings. The van der Waals surface area contributed by atoms with Crippen LogP contribution in [0.2, 0.25) is 0 Å². The van der Waals surface area contributed by atoms with Crippen LogP contribution in [0.5, 0.6) is 0 Å². The number of nitrogens with zero attached hydrogens (tertiary/aromatic N) is 1. The summed E-state index contributed by atoms with van der Waals surface area (Å²) in [6.45, 7) is 2.04. The molecule has 0 radical (unpaired) electrons. The van der Waals surface area contributed by atoms with E-state index in [1.54, 1.807) is 18.2 Å². The molecule has 3 nitrogen and oxygen atoms in total. The first-order valence-corrected chi connectivity index (χ1v) is 4.60. The van der Waals surface area contributed by atoms with Gasteiger partial charge in [-0.2, -0.15) is 0 Å². The smallest absolute Gasteiger partial charge is 0.258 e. The highest BCUT2D eigenvalue weighted by Gasteiger charge is 1.98. The zero-order valence-corrected chi connectivity index (χ0v) is 8.32. The molecule has 66 valence electrons. The van der Waals surface area contributed by atoms with Gasteiger partial charge in [0.1, 0.15) is 0 Å². The largest absolute Gasteiger partial charge is 0.269 e. The lowest BCUT2D eigenvalue weighted by atomic mass is 10.3. The molecular weight excluding hydrogens is 222 g/mol. The summed E-state index contributed by atoms with van der Waals surface area (Å²) < 4.78 is 0. The average Bonchev–Trinajstić information content (AvgIpc) is 2.07. The summed E-state index contributed by atoms with van der Waals surface area (Å²) in [4.78, 5) is 9.59. The number of hydrogen-bond donors (Lipinski definition) is 0. The topological polar surface area (TPSA) is 43.1 Å². The summed E-state index contributed by atoms with van der Waals surface area (Å²) in [7, 11) is 0. The Morgan fingerprint density at radius 1 is 1.42 bits per heavy atom. The minimum atomic E-state index is -0.417. The second-order valence-corrected chi connectivity index (χ2v) is 2.98. The fourth-order valence-corrected chi connectivity index (χ4v) is 0.550. The second kappa shape index (κ2) is 6.79. The fraction of sp³-hybridized carbons (Fsp3) is 0.250. The number of nitro benzene ring substituents is 1. The van der Waals surface area contributed by atoms with Crippen molar-refractivity contribution in [2.45, 2.75) is 6.92 Å². The van der Waals surface area contributed by atoms with Crippen molar-refractivity contribution in [1.29, 1.82) is 0 Å². The highest BCUT2D eigenvalue weighted by molar-refractivity contribution is 9.09. The van der Waals surface area contributed by atoms with Gasteiger partial charge in [0.25, 0.3) is 5.69 Å². The maximum atomic E-state index is 10.0. The highest BCUT2D eigenvalue weighted by atomic mass is 79.9. The van der Waals surface area contributed by atoms with Gasteiger partial charge in [-0.15, -0.1) is 0 Å². The third-order valence-electron chi connectivity index (χ3n) is 0.967. The van der Waals surface area contributed by atoms with Gasteiger partial charge in [-0.1, -0.05) is 41.1 Å².